The number of amides is 2. The van der Waals surface area contributed by atoms with Gasteiger partial charge in [0, 0.05) is 21.7 Å². The number of nitrogens with one attached hydrogen (secondary N) is 2. The highest BCUT2D eigenvalue weighted by atomic mass is 32.2. The van der Waals surface area contributed by atoms with Crippen LogP contribution in [0.4, 0.5) is 5.69 Å². The lowest BCUT2D eigenvalue weighted by molar-refractivity contribution is -0.139. The molecule has 0 fully saturated rings. The number of ether oxygens (including phenoxy) is 2. The molecular weight excluding hydrogens is 476 g/mol. The SMILES string of the molecule is CCOC(=O)CSc1ccc(NC(=O)/C(=C/c2ccccc2OCC)NC(=O)c2ccccc2)cc1. The van der Waals surface area contributed by atoms with Crippen molar-refractivity contribution in [3.63, 3.8) is 0 Å². The Morgan fingerprint density at radius 3 is 2.25 bits per heavy atom. The van der Waals surface area contributed by atoms with Gasteiger partial charge in [-0.1, -0.05) is 36.4 Å². The molecule has 0 aliphatic carbocycles. The molecule has 186 valence electrons. The number of rotatable bonds is 11. The Kier molecular flexibility index (Phi) is 10.1. The molecule has 0 aliphatic rings. The summed E-state index contributed by atoms with van der Waals surface area (Å²) in [4.78, 5) is 38.5. The maximum atomic E-state index is 13.2. The fourth-order valence-electron chi connectivity index (χ4n) is 3.16. The van der Waals surface area contributed by atoms with E-state index in [2.05, 4.69) is 10.6 Å². The van der Waals surface area contributed by atoms with E-state index in [1.807, 2.05) is 31.2 Å². The molecule has 0 saturated carbocycles. The second-order valence-electron chi connectivity index (χ2n) is 7.42. The van der Waals surface area contributed by atoms with Gasteiger partial charge in [0.1, 0.15) is 11.4 Å². The monoisotopic (exact) mass is 504 g/mol. The smallest absolute Gasteiger partial charge is 0.316 e. The minimum atomic E-state index is -0.488. The maximum absolute atomic E-state index is 13.2. The van der Waals surface area contributed by atoms with Crippen molar-refractivity contribution in [1.29, 1.82) is 0 Å². The van der Waals surface area contributed by atoms with Gasteiger partial charge in [-0.25, -0.2) is 0 Å². The summed E-state index contributed by atoms with van der Waals surface area (Å²) in [6, 6.07) is 23.0. The number of carbonyl (C=O) groups is 3. The van der Waals surface area contributed by atoms with E-state index in [1.165, 1.54) is 11.8 Å². The number of hydrogen-bond acceptors (Lipinski definition) is 6. The van der Waals surface area contributed by atoms with Crippen LogP contribution in [-0.2, 0) is 14.3 Å². The third kappa shape index (κ3) is 8.02. The van der Waals surface area contributed by atoms with E-state index < -0.39 is 11.8 Å². The zero-order valence-corrected chi connectivity index (χ0v) is 21.0. The Bertz CT molecular complexity index is 1210. The first kappa shape index (κ1) is 26.6. The van der Waals surface area contributed by atoms with Crippen molar-refractivity contribution in [2.75, 3.05) is 24.3 Å². The first-order valence-electron chi connectivity index (χ1n) is 11.5. The van der Waals surface area contributed by atoms with Crippen LogP contribution in [0.5, 0.6) is 5.75 Å². The predicted octanol–water partition coefficient (Wildman–Crippen LogP) is 5.15. The predicted molar refractivity (Wildman–Crippen MR) is 142 cm³/mol. The van der Waals surface area contributed by atoms with Crippen LogP contribution in [0.3, 0.4) is 0 Å². The van der Waals surface area contributed by atoms with Crippen molar-refractivity contribution in [2.45, 2.75) is 18.7 Å². The fraction of sp³-hybridized carbons (Fsp3) is 0.179. The highest BCUT2D eigenvalue weighted by Gasteiger charge is 2.16. The molecule has 0 saturated heterocycles. The molecular formula is C28H28N2O5S. The van der Waals surface area contributed by atoms with Crippen LogP contribution in [0.15, 0.2) is 89.5 Å². The Balaban J connectivity index is 1.79. The second-order valence-corrected chi connectivity index (χ2v) is 8.47. The minimum Gasteiger partial charge on any atom is -0.493 e. The minimum absolute atomic E-state index is 0.0665. The first-order chi connectivity index (χ1) is 17.5. The second kappa shape index (κ2) is 13.7. The van der Waals surface area contributed by atoms with Crippen LogP contribution in [-0.4, -0.2) is 36.8 Å². The van der Waals surface area contributed by atoms with Crippen LogP contribution < -0.4 is 15.4 Å². The fourth-order valence-corrected chi connectivity index (χ4v) is 3.86. The lowest BCUT2D eigenvalue weighted by Gasteiger charge is -2.13. The van der Waals surface area contributed by atoms with Crippen LogP contribution in [0.2, 0.25) is 0 Å². The molecule has 0 heterocycles. The summed E-state index contributed by atoms with van der Waals surface area (Å²) in [6.07, 6.45) is 1.59. The highest BCUT2D eigenvalue weighted by Crippen LogP contribution is 2.23. The first-order valence-corrected chi connectivity index (χ1v) is 12.5. The number of benzene rings is 3. The molecule has 8 heteroatoms. The molecule has 3 rings (SSSR count). The molecule has 36 heavy (non-hydrogen) atoms. The standard InChI is InChI=1S/C28H28N2O5S/c1-3-34-25-13-9-8-12-21(25)18-24(30-27(32)20-10-6-5-7-11-20)28(33)29-22-14-16-23(17-15-22)36-19-26(31)35-4-2/h5-18H,3-4,19H2,1-2H3,(H,29,33)(H,30,32)/b24-18-. The Labute approximate surface area is 214 Å². The van der Waals surface area contributed by atoms with Gasteiger partial charge in [-0.3, -0.25) is 14.4 Å². The molecule has 0 unspecified atom stereocenters. The summed E-state index contributed by atoms with van der Waals surface area (Å²) < 4.78 is 10.6. The van der Waals surface area contributed by atoms with Crippen molar-refractivity contribution < 1.29 is 23.9 Å². The van der Waals surface area contributed by atoms with E-state index in [-0.39, 0.29) is 17.4 Å². The van der Waals surface area contributed by atoms with E-state index >= 15 is 0 Å². The molecule has 0 spiro atoms. The van der Waals surface area contributed by atoms with Gasteiger partial charge in [-0.15, -0.1) is 11.8 Å². The van der Waals surface area contributed by atoms with Gasteiger partial charge in [0.05, 0.1) is 19.0 Å². The zero-order chi connectivity index (χ0) is 25.8. The quantitative estimate of drug-likeness (QED) is 0.213. The molecule has 0 aromatic heterocycles. The maximum Gasteiger partial charge on any atom is 0.316 e. The van der Waals surface area contributed by atoms with Gasteiger partial charge in [-0.05, 0) is 62.4 Å². The summed E-state index contributed by atoms with van der Waals surface area (Å²) in [6.45, 7) is 4.44. The molecule has 0 aliphatic heterocycles. The Hall–Kier alpha value is -4.04. The number of para-hydroxylation sites is 1. The zero-order valence-electron chi connectivity index (χ0n) is 20.2. The molecule has 2 amide bonds. The van der Waals surface area contributed by atoms with Crippen molar-refractivity contribution in [3.05, 3.63) is 95.7 Å². The largest absolute Gasteiger partial charge is 0.493 e. The van der Waals surface area contributed by atoms with E-state index in [0.717, 1.165) is 4.90 Å². The number of anilines is 1. The average molecular weight is 505 g/mol. The molecule has 2 N–H and O–H groups in total. The van der Waals surface area contributed by atoms with Gasteiger partial charge < -0.3 is 20.1 Å². The van der Waals surface area contributed by atoms with Crippen molar-refractivity contribution >= 4 is 41.3 Å². The van der Waals surface area contributed by atoms with E-state index in [9.17, 15) is 14.4 Å². The van der Waals surface area contributed by atoms with Crippen LogP contribution in [0.25, 0.3) is 6.08 Å². The summed E-state index contributed by atoms with van der Waals surface area (Å²) in [5, 5.41) is 5.55. The number of esters is 1. The number of hydrogen-bond donors (Lipinski definition) is 2. The van der Waals surface area contributed by atoms with Crippen molar-refractivity contribution in [2.24, 2.45) is 0 Å². The van der Waals surface area contributed by atoms with Gasteiger partial charge in [0.15, 0.2) is 0 Å². The average Bonchev–Trinajstić information content (AvgIpc) is 2.89. The Morgan fingerprint density at radius 2 is 1.56 bits per heavy atom. The van der Waals surface area contributed by atoms with Crippen LogP contribution in [0.1, 0.15) is 29.8 Å². The summed E-state index contributed by atoms with van der Waals surface area (Å²) in [7, 11) is 0. The molecule has 0 atom stereocenters. The third-order valence-electron chi connectivity index (χ3n) is 4.82. The molecule has 3 aromatic carbocycles. The van der Waals surface area contributed by atoms with Gasteiger partial charge in [0.2, 0.25) is 0 Å². The lowest BCUT2D eigenvalue weighted by Crippen LogP contribution is -2.30. The topological polar surface area (TPSA) is 93.7 Å². The third-order valence-corrected chi connectivity index (χ3v) is 5.81. The molecule has 3 aromatic rings. The Morgan fingerprint density at radius 1 is 0.861 bits per heavy atom. The summed E-state index contributed by atoms with van der Waals surface area (Å²) in [5.74, 6) is -0.371. The van der Waals surface area contributed by atoms with Crippen molar-refractivity contribution in [1.82, 2.24) is 5.32 Å². The van der Waals surface area contributed by atoms with Gasteiger partial charge in [-0.2, -0.15) is 0 Å². The van der Waals surface area contributed by atoms with Gasteiger partial charge in [0.25, 0.3) is 11.8 Å². The number of thioether (sulfide) groups is 1. The highest BCUT2D eigenvalue weighted by molar-refractivity contribution is 8.00. The lowest BCUT2D eigenvalue weighted by atomic mass is 10.1. The van der Waals surface area contributed by atoms with Crippen LogP contribution >= 0.6 is 11.8 Å². The summed E-state index contributed by atoms with van der Waals surface area (Å²) in [5.41, 5.74) is 1.69. The van der Waals surface area contributed by atoms with E-state index in [1.54, 1.807) is 67.6 Å². The number of carbonyl (C=O) groups excluding carboxylic acids is 3. The molecule has 7 nitrogen and oxygen atoms in total. The molecule has 0 bridgehead atoms. The molecule has 0 radical (unpaired) electrons. The normalized spacial score (nSPS) is 10.9. The van der Waals surface area contributed by atoms with Crippen molar-refractivity contribution in [3.8, 4) is 5.75 Å². The summed E-state index contributed by atoms with van der Waals surface area (Å²) >= 11 is 1.35. The van der Waals surface area contributed by atoms with Gasteiger partial charge >= 0.3 is 5.97 Å². The van der Waals surface area contributed by atoms with Crippen LogP contribution in [0, 0.1) is 0 Å². The van der Waals surface area contributed by atoms with E-state index in [0.29, 0.717) is 35.8 Å². The van der Waals surface area contributed by atoms with E-state index in [4.69, 9.17) is 9.47 Å².